The van der Waals surface area contributed by atoms with E-state index >= 15 is 0 Å². The molecule has 0 unspecified atom stereocenters. The van der Waals surface area contributed by atoms with Crippen molar-refractivity contribution in [1.82, 2.24) is 0 Å². The summed E-state index contributed by atoms with van der Waals surface area (Å²) >= 11 is 0. The molecule has 0 spiro atoms. The number of fused-ring (bicyclic) bond motifs is 2. The lowest BCUT2D eigenvalue weighted by Crippen LogP contribution is -2.29. The maximum atomic E-state index is 13.8. The van der Waals surface area contributed by atoms with Crippen molar-refractivity contribution in [2.24, 2.45) is 0 Å². The van der Waals surface area contributed by atoms with Crippen LogP contribution in [0.4, 0.5) is 34.1 Å². The number of rotatable bonds is 6. The van der Waals surface area contributed by atoms with E-state index in [-0.39, 0.29) is 83.9 Å². The van der Waals surface area contributed by atoms with Crippen molar-refractivity contribution in [3.63, 3.8) is 0 Å². The number of carbonyl (C=O) groups excluding carboxylic acids is 4. The maximum absolute atomic E-state index is 13.8. The zero-order valence-electron chi connectivity index (χ0n) is 33.0. The Morgan fingerprint density at radius 3 is 1.20 bits per heavy atom. The number of imide groups is 2. The third-order valence-corrected chi connectivity index (χ3v) is 11.2. The lowest BCUT2D eigenvalue weighted by atomic mass is 9.89. The molecule has 9 rings (SSSR count). The summed E-state index contributed by atoms with van der Waals surface area (Å²) in [5.41, 5.74) is 16.5. The second kappa shape index (κ2) is 15.2. The number of nitrogen functional groups attached to an aromatic ring is 2. The van der Waals surface area contributed by atoms with Gasteiger partial charge in [0.05, 0.1) is 76.0 Å². The number of nitriles is 3. The fourth-order valence-corrected chi connectivity index (χ4v) is 8.09. The molecule has 0 radical (unpaired) electrons. The molecule has 4 amide bonds. The molecule has 7 aromatic rings. The van der Waals surface area contributed by atoms with E-state index in [2.05, 4.69) is 27.9 Å². The van der Waals surface area contributed by atoms with Crippen LogP contribution in [0.5, 0.6) is 0 Å². The number of carbonyl (C=O) groups is 4. The molecular formula is C51H25N9O4. The van der Waals surface area contributed by atoms with Crippen LogP contribution in [0.15, 0.2) is 127 Å². The minimum atomic E-state index is -0.641. The number of anilines is 4. The second-order valence-corrected chi connectivity index (χ2v) is 14.8. The molecule has 0 saturated heterocycles. The fourth-order valence-electron chi connectivity index (χ4n) is 8.09. The zero-order valence-corrected chi connectivity index (χ0v) is 33.0. The number of nitrogens with zero attached hydrogens (tertiary/aromatic N) is 7. The van der Waals surface area contributed by atoms with Crippen LogP contribution in [-0.4, -0.2) is 23.6 Å². The van der Waals surface area contributed by atoms with E-state index in [4.69, 9.17) is 24.6 Å². The van der Waals surface area contributed by atoms with Crippen LogP contribution in [0.25, 0.3) is 54.2 Å². The molecule has 13 heteroatoms. The van der Waals surface area contributed by atoms with E-state index in [1.165, 1.54) is 42.5 Å². The van der Waals surface area contributed by atoms with Gasteiger partial charge in [0.2, 0.25) is 0 Å². The Morgan fingerprint density at radius 2 is 0.781 bits per heavy atom. The van der Waals surface area contributed by atoms with Crippen LogP contribution in [0, 0.1) is 47.1 Å². The zero-order chi connectivity index (χ0) is 45.0. The van der Waals surface area contributed by atoms with Crippen LogP contribution >= 0.6 is 0 Å². The highest BCUT2D eigenvalue weighted by Gasteiger charge is 2.39. The van der Waals surface area contributed by atoms with Crippen molar-refractivity contribution in [3.8, 4) is 62.7 Å². The molecule has 0 aromatic heterocycles. The van der Waals surface area contributed by atoms with Gasteiger partial charge in [0.25, 0.3) is 23.6 Å². The van der Waals surface area contributed by atoms with Gasteiger partial charge in [0.1, 0.15) is 0 Å². The van der Waals surface area contributed by atoms with E-state index < -0.39 is 23.6 Å². The molecule has 2 aliphatic rings. The predicted octanol–water partition coefficient (Wildman–Crippen LogP) is 9.84. The minimum Gasteiger partial charge on any atom is -0.399 e. The van der Waals surface area contributed by atoms with Crippen molar-refractivity contribution >= 4 is 57.8 Å². The van der Waals surface area contributed by atoms with Gasteiger partial charge in [-0.15, -0.1) is 0 Å². The Labute approximate surface area is 364 Å². The molecule has 64 heavy (non-hydrogen) atoms. The van der Waals surface area contributed by atoms with Crippen molar-refractivity contribution in [3.05, 3.63) is 189 Å². The fraction of sp³-hybridized carbons (Fsp3) is 0. The third kappa shape index (κ3) is 6.22. The molecule has 7 aromatic carbocycles. The summed E-state index contributed by atoms with van der Waals surface area (Å²) in [5, 5.41) is 31.2. The first-order valence-electron chi connectivity index (χ1n) is 19.2. The smallest absolute Gasteiger partial charge is 0.266 e. The van der Waals surface area contributed by atoms with Crippen LogP contribution in [0.1, 0.15) is 58.1 Å². The molecule has 0 aliphatic carbocycles. The van der Waals surface area contributed by atoms with Gasteiger partial charge in [0.15, 0.2) is 11.4 Å². The van der Waals surface area contributed by atoms with E-state index in [0.717, 1.165) is 20.9 Å². The Balaban J connectivity index is 1.06. The second-order valence-electron chi connectivity index (χ2n) is 14.8. The van der Waals surface area contributed by atoms with Gasteiger partial charge in [-0.05, 0) is 118 Å². The number of hydrogen-bond acceptors (Lipinski definition) is 9. The van der Waals surface area contributed by atoms with Crippen molar-refractivity contribution in [2.75, 3.05) is 21.3 Å². The maximum Gasteiger partial charge on any atom is 0.266 e. The Kier molecular flexibility index (Phi) is 9.32. The van der Waals surface area contributed by atoms with Crippen LogP contribution in [0.2, 0.25) is 0 Å². The number of benzene rings is 7. The monoisotopic (exact) mass is 827 g/mol. The van der Waals surface area contributed by atoms with Crippen molar-refractivity contribution in [2.45, 2.75) is 0 Å². The Bertz CT molecular complexity index is 3430. The summed E-state index contributed by atoms with van der Waals surface area (Å²) in [7, 11) is 0. The summed E-state index contributed by atoms with van der Waals surface area (Å²) < 4.78 is 0. The first-order chi connectivity index (χ1) is 31.0. The summed E-state index contributed by atoms with van der Waals surface area (Å²) in [6.07, 6.45) is 0. The number of hydrogen-bond donors (Lipinski definition) is 2. The quantitative estimate of drug-likeness (QED) is 0.0928. The highest BCUT2D eigenvalue weighted by molar-refractivity contribution is 6.36. The average molecular weight is 828 g/mol. The van der Waals surface area contributed by atoms with Crippen LogP contribution in [-0.2, 0) is 0 Å². The van der Waals surface area contributed by atoms with E-state index in [1.807, 2.05) is 0 Å². The predicted molar refractivity (Wildman–Crippen MR) is 239 cm³/mol. The Hall–Kier alpha value is -10.1. The highest BCUT2D eigenvalue weighted by Crippen LogP contribution is 2.46. The number of nitrogens with two attached hydrogens (primary N) is 2. The normalized spacial score (nSPS) is 12.5. The minimum absolute atomic E-state index is 0.00185. The van der Waals surface area contributed by atoms with Gasteiger partial charge in [-0.3, -0.25) is 19.2 Å². The standard InChI is InChI=1S/C51H25N9O4/c1-57-44-22-38(60-49(62)41-16-8-30(21-43(41)51(60)64)28-5-12-36(56)13-6-28)23-45(58-2)47(44)39-14-9-31(17-32(39)24-52)46-33(25-53)18-37(19-34(46)26-54)59-48(61)40-15-7-29(20-42(40)50(59)63)27-3-10-35(55)11-4-27/h3-23H,55-56H2. The molecule has 0 fully saturated rings. The molecular weight excluding hydrogens is 803 g/mol. The lowest BCUT2D eigenvalue weighted by Gasteiger charge is -2.19. The topological polar surface area (TPSA) is 207 Å². The lowest BCUT2D eigenvalue weighted by molar-refractivity contribution is 0.0910. The van der Waals surface area contributed by atoms with Gasteiger partial charge < -0.3 is 11.5 Å². The molecule has 298 valence electrons. The molecule has 0 bridgehead atoms. The SMILES string of the molecule is [C-]#[N+]c1cc(N2C(=O)c3ccc(-c4ccc(N)cc4)cc3C2=O)cc([N+]#[C-])c1-c1ccc(-c2c(C#N)cc(N3C(=O)c4ccc(-c5ccc(N)cc5)cc4C3=O)cc2C#N)cc1C#N. The summed E-state index contributed by atoms with van der Waals surface area (Å²) in [4.78, 5) is 64.1. The molecule has 0 saturated carbocycles. The van der Waals surface area contributed by atoms with Crippen LogP contribution in [0.3, 0.4) is 0 Å². The molecule has 2 aliphatic heterocycles. The summed E-state index contributed by atoms with van der Waals surface area (Å²) in [5.74, 6) is -2.55. The van der Waals surface area contributed by atoms with Crippen molar-refractivity contribution in [1.29, 1.82) is 15.8 Å². The van der Waals surface area contributed by atoms with Crippen LogP contribution < -0.4 is 21.3 Å². The largest absolute Gasteiger partial charge is 0.399 e. The molecule has 0 atom stereocenters. The average Bonchev–Trinajstić information content (AvgIpc) is 3.73. The first-order valence-corrected chi connectivity index (χ1v) is 19.2. The third-order valence-electron chi connectivity index (χ3n) is 11.2. The van der Waals surface area contributed by atoms with E-state index in [9.17, 15) is 35.0 Å². The Morgan fingerprint density at radius 1 is 0.406 bits per heavy atom. The van der Waals surface area contributed by atoms with E-state index in [1.54, 1.807) is 84.9 Å². The summed E-state index contributed by atoms with van der Waals surface area (Å²) in [6, 6.07) is 39.7. The molecule has 13 nitrogen and oxygen atoms in total. The van der Waals surface area contributed by atoms with Gasteiger partial charge in [0, 0.05) is 22.6 Å². The van der Waals surface area contributed by atoms with Gasteiger partial charge in [-0.1, -0.05) is 48.5 Å². The highest BCUT2D eigenvalue weighted by atomic mass is 16.2. The number of amides is 4. The first kappa shape index (κ1) is 39.3. The van der Waals surface area contributed by atoms with Gasteiger partial charge in [-0.25, -0.2) is 19.5 Å². The van der Waals surface area contributed by atoms with Gasteiger partial charge >= 0.3 is 0 Å². The summed E-state index contributed by atoms with van der Waals surface area (Å²) in [6.45, 7) is 16.2. The van der Waals surface area contributed by atoms with E-state index in [0.29, 0.717) is 22.5 Å². The molecule has 2 heterocycles. The van der Waals surface area contributed by atoms with Gasteiger partial charge in [-0.2, -0.15) is 15.8 Å². The van der Waals surface area contributed by atoms with Crippen molar-refractivity contribution < 1.29 is 19.2 Å². The molecule has 4 N–H and O–H groups in total.